The molecule has 29 heavy (non-hydrogen) atoms. The van der Waals surface area contributed by atoms with Crippen molar-refractivity contribution in [2.45, 2.75) is 19.9 Å². The molecular weight excluding hydrogens is 358 g/mol. The largest absolute Gasteiger partial charge is 0.334 e. The van der Waals surface area contributed by atoms with Gasteiger partial charge in [-0.1, -0.05) is 48.5 Å². The number of amides is 1. The molecule has 2 aromatic heterocycles. The molecule has 3 heterocycles. The number of hydrogen-bond acceptors (Lipinski definition) is 3. The molecule has 0 saturated carbocycles. The Kier molecular flexibility index (Phi) is 4.32. The highest BCUT2D eigenvalue weighted by atomic mass is 16.2. The van der Waals surface area contributed by atoms with E-state index in [-0.39, 0.29) is 5.91 Å². The molecule has 1 amide bonds. The molecule has 1 aliphatic rings. The van der Waals surface area contributed by atoms with E-state index in [1.54, 1.807) is 0 Å². The van der Waals surface area contributed by atoms with Gasteiger partial charge in [-0.05, 0) is 36.2 Å². The van der Waals surface area contributed by atoms with Gasteiger partial charge in [0, 0.05) is 48.0 Å². The van der Waals surface area contributed by atoms with Gasteiger partial charge < -0.3 is 4.90 Å². The summed E-state index contributed by atoms with van der Waals surface area (Å²) in [6.07, 6.45) is 2.59. The summed E-state index contributed by atoms with van der Waals surface area (Å²) in [4.78, 5) is 24.2. The lowest BCUT2D eigenvalue weighted by molar-refractivity contribution is 0.0780. The predicted octanol–water partition coefficient (Wildman–Crippen LogP) is 4.80. The van der Waals surface area contributed by atoms with Gasteiger partial charge >= 0.3 is 0 Å². The van der Waals surface area contributed by atoms with E-state index in [0.29, 0.717) is 13.1 Å². The molecule has 0 radical (unpaired) electrons. The van der Waals surface area contributed by atoms with E-state index in [1.165, 1.54) is 0 Å². The Morgan fingerprint density at radius 2 is 1.86 bits per heavy atom. The number of pyridine rings is 2. The number of nitrogens with zero attached hydrogens (tertiary/aromatic N) is 3. The van der Waals surface area contributed by atoms with Gasteiger partial charge in [-0.25, -0.2) is 0 Å². The van der Waals surface area contributed by atoms with E-state index < -0.39 is 0 Å². The first-order chi connectivity index (χ1) is 14.2. The fraction of sp³-hybridized carbons (Fsp3) is 0.160. The minimum absolute atomic E-state index is 0.0944. The zero-order chi connectivity index (χ0) is 19.8. The van der Waals surface area contributed by atoms with Crippen molar-refractivity contribution in [3.63, 3.8) is 0 Å². The van der Waals surface area contributed by atoms with Crippen molar-refractivity contribution in [2.75, 3.05) is 6.54 Å². The first-order valence-corrected chi connectivity index (χ1v) is 9.88. The Morgan fingerprint density at radius 3 is 2.72 bits per heavy atom. The van der Waals surface area contributed by atoms with Crippen molar-refractivity contribution in [2.24, 2.45) is 0 Å². The van der Waals surface area contributed by atoms with Crippen LogP contribution >= 0.6 is 0 Å². The number of carbonyl (C=O) groups is 1. The summed E-state index contributed by atoms with van der Waals surface area (Å²) in [5.74, 6) is 0.0944. The lowest BCUT2D eigenvalue weighted by atomic mass is 9.98. The molecule has 4 nitrogen and oxygen atoms in total. The van der Waals surface area contributed by atoms with Crippen LogP contribution in [0.25, 0.3) is 22.0 Å². The first-order valence-electron chi connectivity index (χ1n) is 9.88. The number of benzene rings is 2. The molecule has 4 heteroatoms. The van der Waals surface area contributed by atoms with E-state index >= 15 is 0 Å². The second-order valence-corrected chi connectivity index (χ2v) is 7.50. The Labute approximate surface area is 169 Å². The Bertz CT molecular complexity index is 1210. The van der Waals surface area contributed by atoms with E-state index in [4.69, 9.17) is 4.98 Å². The van der Waals surface area contributed by atoms with E-state index in [2.05, 4.69) is 23.2 Å². The molecule has 0 saturated heterocycles. The van der Waals surface area contributed by atoms with Gasteiger partial charge in [0.1, 0.15) is 0 Å². The van der Waals surface area contributed by atoms with Gasteiger partial charge in [0.05, 0.1) is 11.1 Å². The van der Waals surface area contributed by atoms with Crippen LogP contribution in [-0.4, -0.2) is 27.3 Å². The number of fused-ring (bicyclic) bond motifs is 2. The fourth-order valence-electron chi connectivity index (χ4n) is 3.97. The summed E-state index contributed by atoms with van der Waals surface area (Å²) in [6, 6.07) is 22.4. The van der Waals surface area contributed by atoms with E-state index in [0.717, 1.165) is 51.0 Å². The summed E-state index contributed by atoms with van der Waals surface area (Å²) in [6.45, 7) is 3.27. The van der Waals surface area contributed by atoms with E-state index in [1.807, 2.05) is 66.6 Å². The normalized spacial score (nSPS) is 13.1. The van der Waals surface area contributed by atoms with Crippen LogP contribution < -0.4 is 0 Å². The molecule has 0 bridgehead atoms. The van der Waals surface area contributed by atoms with Crippen molar-refractivity contribution in [3.8, 4) is 11.1 Å². The zero-order valence-corrected chi connectivity index (χ0v) is 16.3. The second kappa shape index (κ2) is 7.13. The molecule has 0 spiro atoms. The highest BCUT2D eigenvalue weighted by Crippen LogP contribution is 2.32. The monoisotopic (exact) mass is 379 g/mol. The standard InChI is InChI=1S/C25H21N3O/c1-17-9-10-19(15-26-17)22-7-4-6-20-16-28(25(29)24(20)22)14-13-21-12-11-18-5-2-3-8-23(18)27-21/h2-12,15H,13-14,16H2,1H3. The number of para-hydroxylation sites is 1. The van der Waals surface area contributed by atoms with Crippen LogP contribution in [0.2, 0.25) is 0 Å². The van der Waals surface area contributed by atoms with Crippen LogP contribution in [0.5, 0.6) is 0 Å². The average molecular weight is 379 g/mol. The van der Waals surface area contributed by atoms with Crippen LogP contribution in [0.3, 0.4) is 0 Å². The van der Waals surface area contributed by atoms with Crippen LogP contribution in [0.4, 0.5) is 0 Å². The molecule has 2 aromatic carbocycles. The summed E-state index contributed by atoms with van der Waals surface area (Å²) in [5.41, 5.74) is 6.82. The molecule has 0 fully saturated rings. The summed E-state index contributed by atoms with van der Waals surface area (Å²) >= 11 is 0. The molecule has 1 aliphatic heterocycles. The lowest BCUT2D eigenvalue weighted by Crippen LogP contribution is -2.26. The van der Waals surface area contributed by atoms with Gasteiger partial charge in [-0.3, -0.25) is 14.8 Å². The lowest BCUT2D eigenvalue weighted by Gasteiger charge is -2.15. The molecular formula is C25H21N3O. The summed E-state index contributed by atoms with van der Waals surface area (Å²) < 4.78 is 0. The van der Waals surface area contributed by atoms with Crippen LogP contribution in [-0.2, 0) is 13.0 Å². The zero-order valence-electron chi connectivity index (χ0n) is 16.3. The smallest absolute Gasteiger partial charge is 0.255 e. The highest BCUT2D eigenvalue weighted by Gasteiger charge is 2.29. The predicted molar refractivity (Wildman–Crippen MR) is 115 cm³/mol. The topological polar surface area (TPSA) is 46.1 Å². The van der Waals surface area contributed by atoms with Gasteiger partial charge in [0.2, 0.25) is 0 Å². The summed E-state index contributed by atoms with van der Waals surface area (Å²) in [5, 5.41) is 1.14. The van der Waals surface area contributed by atoms with Crippen molar-refractivity contribution in [3.05, 3.63) is 95.4 Å². The van der Waals surface area contributed by atoms with Gasteiger partial charge in [0.25, 0.3) is 5.91 Å². The van der Waals surface area contributed by atoms with Crippen molar-refractivity contribution >= 4 is 16.8 Å². The third-order valence-electron chi connectivity index (χ3n) is 5.53. The molecule has 142 valence electrons. The fourth-order valence-corrected chi connectivity index (χ4v) is 3.97. The van der Waals surface area contributed by atoms with Gasteiger partial charge in [-0.2, -0.15) is 0 Å². The van der Waals surface area contributed by atoms with Crippen molar-refractivity contribution in [1.82, 2.24) is 14.9 Å². The van der Waals surface area contributed by atoms with Gasteiger partial charge in [0.15, 0.2) is 0 Å². The molecule has 5 rings (SSSR count). The maximum absolute atomic E-state index is 13.2. The number of hydrogen-bond donors (Lipinski definition) is 0. The average Bonchev–Trinajstić information content (AvgIpc) is 3.08. The maximum Gasteiger partial charge on any atom is 0.255 e. The number of aryl methyl sites for hydroxylation is 1. The Balaban J connectivity index is 1.38. The Morgan fingerprint density at radius 1 is 0.966 bits per heavy atom. The number of aromatic nitrogens is 2. The first kappa shape index (κ1) is 17.6. The quantitative estimate of drug-likeness (QED) is 0.511. The minimum atomic E-state index is 0.0944. The van der Waals surface area contributed by atoms with Gasteiger partial charge in [-0.15, -0.1) is 0 Å². The molecule has 4 aromatic rings. The molecule has 0 unspecified atom stereocenters. The second-order valence-electron chi connectivity index (χ2n) is 7.50. The molecule has 0 N–H and O–H groups in total. The molecule has 0 atom stereocenters. The van der Waals surface area contributed by atoms with Crippen molar-refractivity contribution in [1.29, 1.82) is 0 Å². The third-order valence-corrected chi connectivity index (χ3v) is 5.53. The van der Waals surface area contributed by atoms with Crippen LogP contribution in [0, 0.1) is 6.92 Å². The third kappa shape index (κ3) is 3.27. The molecule has 0 aliphatic carbocycles. The maximum atomic E-state index is 13.2. The number of carbonyl (C=O) groups excluding carboxylic acids is 1. The minimum Gasteiger partial charge on any atom is -0.334 e. The highest BCUT2D eigenvalue weighted by molar-refractivity contribution is 6.04. The SMILES string of the molecule is Cc1ccc(-c2cccc3c2C(=O)N(CCc2ccc4ccccc4n2)C3)cn1. The van der Waals surface area contributed by atoms with E-state index in [9.17, 15) is 4.79 Å². The summed E-state index contributed by atoms with van der Waals surface area (Å²) in [7, 11) is 0. The number of rotatable bonds is 4. The van der Waals surface area contributed by atoms with Crippen LogP contribution in [0.15, 0.2) is 72.9 Å². The van der Waals surface area contributed by atoms with Crippen molar-refractivity contribution < 1.29 is 4.79 Å². The Hall–Kier alpha value is -3.53. The van der Waals surface area contributed by atoms with Crippen LogP contribution in [0.1, 0.15) is 27.3 Å².